The number of aromatic nitrogens is 2. The summed E-state index contributed by atoms with van der Waals surface area (Å²) in [5.41, 5.74) is 6.02. The first kappa shape index (κ1) is 18.0. The van der Waals surface area contributed by atoms with E-state index in [4.69, 9.17) is 4.42 Å². The topological polar surface area (TPSA) is 70.9 Å². The van der Waals surface area contributed by atoms with Crippen LogP contribution < -0.4 is 5.32 Å². The molecule has 2 aromatic carbocycles. The van der Waals surface area contributed by atoms with E-state index in [0.717, 1.165) is 33.3 Å². The molecule has 0 fully saturated rings. The van der Waals surface area contributed by atoms with Crippen molar-refractivity contribution in [1.29, 1.82) is 0 Å². The molecule has 0 spiro atoms. The first-order valence-electron chi connectivity index (χ1n) is 9.37. The Hall–Kier alpha value is -3.34. The fourth-order valence-electron chi connectivity index (χ4n) is 3.37. The van der Waals surface area contributed by atoms with Crippen molar-refractivity contribution in [1.82, 2.24) is 15.3 Å². The lowest BCUT2D eigenvalue weighted by atomic mass is 10.1. The van der Waals surface area contributed by atoms with Gasteiger partial charge in [0.15, 0.2) is 0 Å². The molecule has 142 valence electrons. The van der Waals surface area contributed by atoms with Crippen molar-refractivity contribution in [3.05, 3.63) is 76.8 Å². The van der Waals surface area contributed by atoms with Crippen molar-refractivity contribution in [2.75, 3.05) is 0 Å². The minimum Gasteiger partial charge on any atom is -0.441 e. The maximum atomic E-state index is 12.4. The molecular formula is C23H23N3O2. The highest BCUT2D eigenvalue weighted by atomic mass is 16.4. The van der Waals surface area contributed by atoms with E-state index in [1.54, 1.807) is 0 Å². The third-order valence-electron chi connectivity index (χ3n) is 4.91. The molecule has 0 aliphatic rings. The van der Waals surface area contributed by atoms with Crippen molar-refractivity contribution < 1.29 is 9.21 Å². The Morgan fingerprint density at radius 2 is 1.93 bits per heavy atom. The zero-order chi connectivity index (χ0) is 19.7. The molecule has 0 aliphatic heterocycles. The SMILES string of the molecule is Cc1cc2cc(CNC(=O)Cc3nc(-c4ccccc4C)oc3C)ccc2[nH]1. The van der Waals surface area contributed by atoms with E-state index in [1.165, 1.54) is 0 Å². The van der Waals surface area contributed by atoms with Crippen LogP contribution in [0.5, 0.6) is 0 Å². The van der Waals surface area contributed by atoms with E-state index < -0.39 is 0 Å². The van der Waals surface area contributed by atoms with Gasteiger partial charge in [0.1, 0.15) is 5.76 Å². The Labute approximate surface area is 163 Å². The second-order valence-electron chi connectivity index (χ2n) is 7.16. The van der Waals surface area contributed by atoms with Crippen LogP contribution in [0.4, 0.5) is 0 Å². The molecule has 0 radical (unpaired) electrons. The molecule has 0 saturated carbocycles. The number of hydrogen-bond donors (Lipinski definition) is 2. The lowest BCUT2D eigenvalue weighted by Gasteiger charge is -2.05. The molecule has 0 saturated heterocycles. The van der Waals surface area contributed by atoms with Crippen molar-refractivity contribution in [3.8, 4) is 11.5 Å². The lowest BCUT2D eigenvalue weighted by molar-refractivity contribution is -0.120. The van der Waals surface area contributed by atoms with Gasteiger partial charge in [0, 0.05) is 23.3 Å². The number of oxazole rings is 1. The molecule has 0 bridgehead atoms. The van der Waals surface area contributed by atoms with Crippen molar-refractivity contribution in [3.63, 3.8) is 0 Å². The van der Waals surface area contributed by atoms with Gasteiger partial charge in [0.05, 0.1) is 12.1 Å². The van der Waals surface area contributed by atoms with Gasteiger partial charge in [0.2, 0.25) is 11.8 Å². The summed E-state index contributed by atoms with van der Waals surface area (Å²) in [4.78, 5) is 20.3. The number of aromatic amines is 1. The normalized spacial score (nSPS) is 11.1. The van der Waals surface area contributed by atoms with E-state index in [0.29, 0.717) is 23.9 Å². The zero-order valence-electron chi connectivity index (χ0n) is 16.3. The Bertz CT molecular complexity index is 1150. The van der Waals surface area contributed by atoms with Gasteiger partial charge in [-0.1, -0.05) is 24.3 Å². The van der Waals surface area contributed by atoms with E-state index in [-0.39, 0.29) is 12.3 Å². The van der Waals surface area contributed by atoms with Crippen LogP contribution >= 0.6 is 0 Å². The standard InChI is InChI=1S/C23H23N3O2/c1-14-6-4-5-7-19(14)23-26-21(16(3)28-23)12-22(27)24-13-17-8-9-20-18(11-17)10-15(2)25-20/h4-11,25H,12-13H2,1-3H3,(H,24,27). The van der Waals surface area contributed by atoms with Gasteiger partial charge in [-0.25, -0.2) is 4.98 Å². The Balaban J connectivity index is 1.42. The predicted octanol–water partition coefficient (Wildman–Crippen LogP) is 4.61. The van der Waals surface area contributed by atoms with Gasteiger partial charge in [-0.3, -0.25) is 4.79 Å². The molecule has 2 aromatic heterocycles. The maximum Gasteiger partial charge on any atom is 0.226 e. The van der Waals surface area contributed by atoms with Crippen LogP contribution in [0, 0.1) is 20.8 Å². The average molecular weight is 373 g/mol. The number of carbonyl (C=O) groups excluding carboxylic acids is 1. The van der Waals surface area contributed by atoms with Gasteiger partial charge >= 0.3 is 0 Å². The number of aryl methyl sites for hydroxylation is 3. The van der Waals surface area contributed by atoms with Gasteiger partial charge in [-0.2, -0.15) is 0 Å². The maximum absolute atomic E-state index is 12.4. The number of hydrogen-bond acceptors (Lipinski definition) is 3. The summed E-state index contributed by atoms with van der Waals surface area (Å²) in [6, 6.07) is 16.2. The second kappa shape index (κ2) is 7.35. The highest BCUT2D eigenvalue weighted by molar-refractivity contribution is 5.82. The number of benzene rings is 2. The Morgan fingerprint density at radius 3 is 2.75 bits per heavy atom. The number of nitrogens with one attached hydrogen (secondary N) is 2. The van der Waals surface area contributed by atoms with Crippen LogP contribution in [0.15, 0.2) is 52.9 Å². The minimum absolute atomic E-state index is 0.0712. The molecule has 28 heavy (non-hydrogen) atoms. The van der Waals surface area contributed by atoms with E-state index in [1.807, 2.05) is 57.2 Å². The van der Waals surface area contributed by atoms with Gasteiger partial charge in [0.25, 0.3) is 0 Å². The monoisotopic (exact) mass is 373 g/mol. The van der Waals surface area contributed by atoms with Crippen molar-refractivity contribution in [2.45, 2.75) is 33.7 Å². The summed E-state index contributed by atoms with van der Waals surface area (Å²) < 4.78 is 5.80. The largest absolute Gasteiger partial charge is 0.441 e. The molecule has 2 N–H and O–H groups in total. The summed E-state index contributed by atoms with van der Waals surface area (Å²) in [6.45, 7) is 6.39. The van der Waals surface area contributed by atoms with Crippen LogP contribution in [0.2, 0.25) is 0 Å². The fourth-order valence-corrected chi connectivity index (χ4v) is 3.37. The number of fused-ring (bicyclic) bond motifs is 1. The van der Waals surface area contributed by atoms with Crippen LogP contribution in [0.25, 0.3) is 22.4 Å². The number of carbonyl (C=O) groups is 1. The molecule has 4 aromatic rings. The summed E-state index contributed by atoms with van der Waals surface area (Å²) in [6.07, 6.45) is 0.201. The Morgan fingerprint density at radius 1 is 1.11 bits per heavy atom. The lowest BCUT2D eigenvalue weighted by Crippen LogP contribution is -2.24. The number of amides is 1. The highest BCUT2D eigenvalue weighted by Gasteiger charge is 2.15. The van der Waals surface area contributed by atoms with Crippen LogP contribution in [0.3, 0.4) is 0 Å². The minimum atomic E-state index is -0.0712. The number of rotatable bonds is 5. The van der Waals surface area contributed by atoms with Gasteiger partial charge in [-0.15, -0.1) is 0 Å². The molecule has 0 unspecified atom stereocenters. The zero-order valence-corrected chi connectivity index (χ0v) is 16.3. The molecule has 0 aliphatic carbocycles. The van der Waals surface area contributed by atoms with Gasteiger partial charge < -0.3 is 14.7 Å². The first-order chi connectivity index (χ1) is 13.5. The second-order valence-corrected chi connectivity index (χ2v) is 7.16. The van der Waals surface area contributed by atoms with Crippen molar-refractivity contribution in [2.24, 2.45) is 0 Å². The number of nitrogens with zero attached hydrogens (tertiary/aromatic N) is 1. The van der Waals surface area contributed by atoms with Gasteiger partial charge in [-0.05, 0) is 61.5 Å². The predicted molar refractivity (Wildman–Crippen MR) is 110 cm³/mol. The molecule has 4 rings (SSSR count). The molecular weight excluding hydrogens is 350 g/mol. The number of H-pyrrole nitrogens is 1. The third-order valence-corrected chi connectivity index (χ3v) is 4.91. The first-order valence-corrected chi connectivity index (χ1v) is 9.37. The molecule has 0 atom stereocenters. The molecule has 2 heterocycles. The summed E-state index contributed by atoms with van der Waals surface area (Å²) >= 11 is 0. The molecule has 5 heteroatoms. The fraction of sp³-hybridized carbons (Fsp3) is 0.217. The quantitative estimate of drug-likeness (QED) is 0.537. The Kier molecular flexibility index (Phi) is 4.74. The highest BCUT2D eigenvalue weighted by Crippen LogP contribution is 2.25. The molecule has 5 nitrogen and oxygen atoms in total. The molecule has 1 amide bonds. The van der Waals surface area contributed by atoms with Crippen LogP contribution in [0.1, 0.15) is 28.3 Å². The van der Waals surface area contributed by atoms with E-state index in [9.17, 15) is 4.79 Å². The van der Waals surface area contributed by atoms with E-state index in [2.05, 4.69) is 27.4 Å². The smallest absolute Gasteiger partial charge is 0.226 e. The third kappa shape index (κ3) is 3.69. The van der Waals surface area contributed by atoms with Crippen molar-refractivity contribution >= 4 is 16.8 Å². The summed E-state index contributed by atoms with van der Waals surface area (Å²) in [5, 5.41) is 4.13. The van der Waals surface area contributed by atoms with Crippen LogP contribution in [-0.4, -0.2) is 15.9 Å². The van der Waals surface area contributed by atoms with Crippen LogP contribution in [-0.2, 0) is 17.8 Å². The average Bonchev–Trinajstić information content (AvgIpc) is 3.21. The van der Waals surface area contributed by atoms with E-state index >= 15 is 0 Å². The summed E-state index contributed by atoms with van der Waals surface area (Å²) in [7, 11) is 0. The summed E-state index contributed by atoms with van der Waals surface area (Å²) in [5.74, 6) is 1.17.